The number of carbonyl (C=O) groups is 1. The minimum Gasteiger partial charge on any atom is -0.496 e. The van der Waals surface area contributed by atoms with Gasteiger partial charge in [0.2, 0.25) is 6.79 Å². The molecule has 0 saturated carbocycles. The molecule has 3 aromatic rings. The second-order valence-corrected chi connectivity index (χ2v) is 9.63. The minimum atomic E-state index is -0.746. The van der Waals surface area contributed by atoms with Crippen molar-refractivity contribution in [2.45, 2.75) is 19.9 Å². The van der Waals surface area contributed by atoms with Crippen LogP contribution in [0.3, 0.4) is 0 Å². The molecule has 0 saturated heterocycles. The van der Waals surface area contributed by atoms with Crippen LogP contribution in [0.1, 0.15) is 31.0 Å². The van der Waals surface area contributed by atoms with E-state index in [2.05, 4.69) is 20.9 Å². The Balaban J connectivity index is 1.74. The summed E-state index contributed by atoms with van der Waals surface area (Å²) in [6.45, 7) is 3.85. The first kappa shape index (κ1) is 23.4. The number of fused-ring (bicyclic) bond motifs is 2. The van der Waals surface area contributed by atoms with E-state index in [9.17, 15) is 9.59 Å². The lowest BCUT2D eigenvalue weighted by Crippen LogP contribution is -2.40. The van der Waals surface area contributed by atoms with E-state index in [-0.39, 0.29) is 19.0 Å². The van der Waals surface area contributed by atoms with Gasteiger partial charge in [-0.1, -0.05) is 45.5 Å². The molecule has 2 aromatic carbocycles. The Labute approximate surface area is 212 Å². The van der Waals surface area contributed by atoms with Crippen molar-refractivity contribution in [2.75, 3.05) is 20.5 Å². The van der Waals surface area contributed by atoms with E-state index in [1.54, 1.807) is 33.1 Å². The van der Waals surface area contributed by atoms with Gasteiger partial charge in [-0.2, -0.15) is 0 Å². The first-order valence-electron chi connectivity index (χ1n) is 10.8. The number of benzene rings is 2. The number of hydrogen-bond donors (Lipinski definition) is 0. The second-order valence-electron chi connectivity index (χ2n) is 7.77. The lowest BCUT2D eigenvalue weighted by Gasteiger charge is -2.25. The fourth-order valence-corrected chi connectivity index (χ4v) is 5.64. The highest BCUT2D eigenvalue weighted by Crippen LogP contribution is 2.38. The van der Waals surface area contributed by atoms with Crippen molar-refractivity contribution in [3.05, 3.63) is 83.0 Å². The quantitative estimate of drug-likeness (QED) is 0.448. The number of ether oxygens (including phenoxy) is 4. The Bertz CT molecular complexity index is 1550. The number of halogens is 1. The highest BCUT2D eigenvalue weighted by molar-refractivity contribution is 9.10. The van der Waals surface area contributed by atoms with Gasteiger partial charge in [0.05, 0.1) is 29.5 Å². The van der Waals surface area contributed by atoms with Crippen LogP contribution in [0.25, 0.3) is 6.08 Å². The molecule has 2 aliphatic heterocycles. The first-order chi connectivity index (χ1) is 16.9. The van der Waals surface area contributed by atoms with Crippen LogP contribution in [0.2, 0.25) is 0 Å². The zero-order valence-electron chi connectivity index (χ0n) is 19.2. The van der Waals surface area contributed by atoms with Gasteiger partial charge in [-0.3, -0.25) is 9.36 Å². The molecule has 3 heterocycles. The van der Waals surface area contributed by atoms with Gasteiger partial charge in [0.15, 0.2) is 16.3 Å². The number of esters is 1. The van der Waals surface area contributed by atoms with Gasteiger partial charge in [0.25, 0.3) is 5.56 Å². The van der Waals surface area contributed by atoms with E-state index in [4.69, 9.17) is 18.9 Å². The van der Waals surface area contributed by atoms with Gasteiger partial charge in [0, 0.05) is 10.0 Å². The molecule has 1 aromatic heterocycles. The third-order valence-electron chi connectivity index (χ3n) is 5.73. The van der Waals surface area contributed by atoms with Crippen LogP contribution in [-0.2, 0) is 9.53 Å². The summed E-state index contributed by atoms with van der Waals surface area (Å²) in [7, 11) is 1.56. The molecule has 0 aliphatic carbocycles. The Kier molecular flexibility index (Phi) is 6.24. The lowest BCUT2D eigenvalue weighted by atomic mass is 9.95. The molecule has 8 nitrogen and oxygen atoms in total. The van der Waals surface area contributed by atoms with Crippen LogP contribution >= 0.6 is 27.3 Å². The molecule has 10 heteroatoms. The third kappa shape index (κ3) is 4.06. The number of para-hydroxylation sites is 1. The molecule has 5 rings (SSSR count). The number of thiazole rings is 1. The monoisotopic (exact) mass is 556 g/mol. The average Bonchev–Trinajstić information content (AvgIpc) is 3.42. The largest absolute Gasteiger partial charge is 0.496 e. The van der Waals surface area contributed by atoms with Gasteiger partial charge in [-0.05, 0) is 43.7 Å². The van der Waals surface area contributed by atoms with Crippen LogP contribution < -0.4 is 29.1 Å². The maximum absolute atomic E-state index is 13.8. The molecule has 0 fully saturated rings. The molecule has 35 heavy (non-hydrogen) atoms. The van der Waals surface area contributed by atoms with Gasteiger partial charge < -0.3 is 18.9 Å². The molecule has 0 radical (unpaired) electrons. The van der Waals surface area contributed by atoms with Crippen LogP contribution in [0, 0.1) is 0 Å². The molecule has 1 atom stereocenters. The summed E-state index contributed by atoms with van der Waals surface area (Å²) in [5.74, 6) is 1.29. The predicted molar refractivity (Wildman–Crippen MR) is 134 cm³/mol. The van der Waals surface area contributed by atoms with Gasteiger partial charge >= 0.3 is 5.97 Å². The molecule has 0 spiro atoms. The van der Waals surface area contributed by atoms with E-state index in [0.29, 0.717) is 43.4 Å². The highest BCUT2D eigenvalue weighted by Gasteiger charge is 2.35. The van der Waals surface area contributed by atoms with Gasteiger partial charge in [-0.15, -0.1) is 0 Å². The Morgan fingerprint density at radius 3 is 2.77 bits per heavy atom. The van der Waals surface area contributed by atoms with Crippen molar-refractivity contribution in [3.8, 4) is 17.2 Å². The number of methoxy groups -OCH3 is 1. The fourth-order valence-electron chi connectivity index (χ4n) is 4.16. The topological polar surface area (TPSA) is 88.4 Å². The molecule has 0 N–H and O–H groups in total. The molecule has 0 amide bonds. The zero-order chi connectivity index (χ0) is 24.7. The normalized spacial score (nSPS) is 16.7. The first-order valence-corrected chi connectivity index (χ1v) is 12.5. The average molecular weight is 557 g/mol. The van der Waals surface area contributed by atoms with Crippen molar-refractivity contribution in [1.29, 1.82) is 0 Å². The fraction of sp³-hybridized carbons (Fsp3) is 0.240. The number of aromatic nitrogens is 1. The van der Waals surface area contributed by atoms with Gasteiger partial charge in [-0.25, -0.2) is 9.79 Å². The van der Waals surface area contributed by atoms with Crippen LogP contribution in [0.15, 0.2) is 61.9 Å². The smallest absolute Gasteiger partial charge is 0.338 e. The third-order valence-corrected chi connectivity index (χ3v) is 7.40. The molecule has 1 unspecified atom stereocenters. The molecular formula is C25H21BrN2O6S. The highest BCUT2D eigenvalue weighted by atomic mass is 79.9. The van der Waals surface area contributed by atoms with Crippen LogP contribution in [0.4, 0.5) is 0 Å². The SMILES string of the molecule is CCOC(=O)C1=C(C)N=c2sc(=Cc3cc4c(cc3Br)OCO4)c(=O)n2C1c1ccccc1OC. The Morgan fingerprint density at radius 2 is 2.03 bits per heavy atom. The standard InChI is InChI=1S/C25H21BrN2O6S/c1-4-32-24(30)21-13(2)27-25-28(22(21)15-7-5-6-8-17(15)31-3)23(29)20(35-25)10-14-9-18-19(11-16(14)26)34-12-33-18/h5-11,22H,4,12H2,1-3H3. The molecule has 180 valence electrons. The summed E-state index contributed by atoms with van der Waals surface area (Å²) in [4.78, 5) is 31.9. The lowest BCUT2D eigenvalue weighted by molar-refractivity contribution is -0.139. The minimum absolute atomic E-state index is 0.155. The summed E-state index contributed by atoms with van der Waals surface area (Å²) in [6, 6.07) is 10.2. The van der Waals surface area contributed by atoms with Crippen molar-refractivity contribution < 1.29 is 23.7 Å². The maximum Gasteiger partial charge on any atom is 0.338 e. The van der Waals surface area contributed by atoms with Crippen LogP contribution in [-0.4, -0.2) is 31.0 Å². The van der Waals surface area contributed by atoms with E-state index in [1.807, 2.05) is 30.3 Å². The Morgan fingerprint density at radius 1 is 1.29 bits per heavy atom. The molecular weight excluding hydrogens is 536 g/mol. The van der Waals surface area contributed by atoms with Crippen molar-refractivity contribution in [3.63, 3.8) is 0 Å². The van der Waals surface area contributed by atoms with Crippen molar-refractivity contribution in [2.24, 2.45) is 4.99 Å². The summed E-state index contributed by atoms with van der Waals surface area (Å²) in [5.41, 5.74) is 1.96. The summed E-state index contributed by atoms with van der Waals surface area (Å²) in [5, 5.41) is 0. The molecule has 2 aliphatic rings. The van der Waals surface area contributed by atoms with Crippen LogP contribution in [0.5, 0.6) is 17.2 Å². The zero-order valence-corrected chi connectivity index (χ0v) is 21.6. The number of allylic oxidation sites excluding steroid dienone is 1. The molecule has 0 bridgehead atoms. The summed E-state index contributed by atoms with van der Waals surface area (Å²) < 4.78 is 24.6. The summed E-state index contributed by atoms with van der Waals surface area (Å²) >= 11 is 4.80. The van der Waals surface area contributed by atoms with Crippen molar-refractivity contribution >= 4 is 39.3 Å². The number of rotatable bonds is 5. The number of carbonyl (C=O) groups excluding carboxylic acids is 1. The number of nitrogens with zero attached hydrogens (tertiary/aromatic N) is 2. The Hall–Kier alpha value is -3.37. The van der Waals surface area contributed by atoms with E-state index >= 15 is 0 Å². The number of hydrogen-bond acceptors (Lipinski definition) is 8. The van der Waals surface area contributed by atoms with Crippen molar-refractivity contribution in [1.82, 2.24) is 4.57 Å². The summed E-state index contributed by atoms with van der Waals surface area (Å²) in [6.07, 6.45) is 1.78. The van der Waals surface area contributed by atoms with E-state index in [0.717, 1.165) is 10.0 Å². The maximum atomic E-state index is 13.8. The predicted octanol–water partition coefficient (Wildman–Crippen LogP) is 3.30. The van der Waals surface area contributed by atoms with E-state index < -0.39 is 12.0 Å². The van der Waals surface area contributed by atoms with Gasteiger partial charge in [0.1, 0.15) is 11.8 Å². The van der Waals surface area contributed by atoms with E-state index in [1.165, 1.54) is 15.9 Å². The second kappa shape index (κ2) is 9.35.